The van der Waals surface area contributed by atoms with Crippen LogP contribution in [0.3, 0.4) is 0 Å². The fraction of sp³-hybridized carbons (Fsp3) is 0.333. The average molecular weight is 203 g/mol. The molecule has 1 unspecified atom stereocenters. The highest BCUT2D eigenvalue weighted by Gasteiger charge is 2.22. The number of benzene rings is 1. The quantitative estimate of drug-likeness (QED) is 0.763. The van der Waals surface area contributed by atoms with Gasteiger partial charge in [-0.1, -0.05) is 12.1 Å². The van der Waals surface area contributed by atoms with Crippen LogP contribution in [0.1, 0.15) is 5.69 Å². The van der Waals surface area contributed by atoms with E-state index >= 15 is 0 Å². The van der Waals surface area contributed by atoms with Crippen LogP contribution in [0.4, 0.5) is 0 Å². The summed E-state index contributed by atoms with van der Waals surface area (Å²) in [6.45, 7) is 0.680. The van der Waals surface area contributed by atoms with Gasteiger partial charge in [0, 0.05) is 24.0 Å². The molecule has 1 aliphatic heterocycles. The highest BCUT2D eigenvalue weighted by Crippen LogP contribution is 2.32. The predicted molar refractivity (Wildman–Crippen MR) is 58.2 cm³/mol. The van der Waals surface area contributed by atoms with Crippen LogP contribution in [0.15, 0.2) is 24.3 Å². The molecule has 1 aromatic heterocycles. The third-order valence-corrected chi connectivity index (χ3v) is 3.03. The lowest BCUT2D eigenvalue weighted by atomic mass is 10.2. The number of aromatic nitrogens is 1. The zero-order chi connectivity index (χ0) is 10.4. The number of para-hydroxylation sites is 1. The summed E-state index contributed by atoms with van der Waals surface area (Å²) in [4.78, 5) is 0. The summed E-state index contributed by atoms with van der Waals surface area (Å²) < 4.78 is 7.50. The van der Waals surface area contributed by atoms with Gasteiger partial charge in [-0.3, -0.25) is 0 Å². The number of ether oxygens (including phenoxy) is 1. The molecule has 0 aliphatic carbocycles. The fourth-order valence-electron chi connectivity index (χ4n) is 2.40. The molecule has 1 atom stereocenters. The Balaban J connectivity index is 2.31. The molecule has 3 nitrogen and oxygen atoms in total. The van der Waals surface area contributed by atoms with Crippen molar-refractivity contribution in [2.24, 2.45) is 0 Å². The maximum absolute atomic E-state index is 9.60. The van der Waals surface area contributed by atoms with Crippen molar-refractivity contribution in [3.05, 3.63) is 30.0 Å². The van der Waals surface area contributed by atoms with E-state index in [1.54, 1.807) is 7.11 Å². The van der Waals surface area contributed by atoms with E-state index in [1.165, 1.54) is 11.1 Å². The van der Waals surface area contributed by atoms with Crippen molar-refractivity contribution in [1.82, 2.24) is 4.57 Å². The lowest BCUT2D eigenvalue weighted by Crippen LogP contribution is -2.07. The number of fused-ring (bicyclic) bond motifs is 3. The lowest BCUT2D eigenvalue weighted by molar-refractivity contribution is 0.176. The zero-order valence-corrected chi connectivity index (χ0v) is 8.60. The smallest absolute Gasteiger partial charge is 0.143 e. The topological polar surface area (TPSA) is 34.4 Å². The molecule has 2 heterocycles. The number of aliphatic hydroxyl groups is 1. The van der Waals surface area contributed by atoms with E-state index in [4.69, 9.17) is 4.74 Å². The van der Waals surface area contributed by atoms with Crippen molar-refractivity contribution in [2.75, 3.05) is 7.11 Å². The Kier molecular flexibility index (Phi) is 1.76. The van der Waals surface area contributed by atoms with Crippen LogP contribution < -0.4 is 4.74 Å². The van der Waals surface area contributed by atoms with E-state index in [2.05, 4.69) is 16.7 Å². The Bertz CT molecular complexity index is 516. The third-order valence-electron chi connectivity index (χ3n) is 3.03. The maximum atomic E-state index is 9.60. The van der Waals surface area contributed by atoms with E-state index in [9.17, 15) is 5.11 Å². The van der Waals surface area contributed by atoms with Crippen LogP contribution in [0.25, 0.3) is 10.9 Å². The molecule has 0 spiro atoms. The summed E-state index contributed by atoms with van der Waals surface area (Å²) in [5.74, 6) is 0.882. The molecule has 0 fully saturated rings. The molecule has 3 rings (SSSR count). The van der Waals surface area contributed by atoms with Crippen molar-refractivity contribution in [3.8, 4) is 5.75 Å². The first kappa shape index (κ1) is 8.80. The molecule has 78 valence electrons. The van der Waals surface area contributed by atoms with Gasteiger partial charge in [0.05, 0.1) is 18.7 Å². The van der Waals surface area contributed by atoms with Crippen LogP contribution in [-0.2, 0) is 13.0 Å². The van der Waals surface area contributed by atoms with Gasteiger partial charge in [-0.15, -0.1) is 0 Å². The van der Waals surface area contributed by atoms with Crippen molar-refractivity contribution in [1.29, 1.82) is 0 Å². The van der Waals surface area contributed by atoms with E-state index in [0.29, 0.717) is 6.54 Å². The molecule has 1 aliphatic rings. The second-order valence-electron chi connectivity index (χ2n) is 4.00. The van der Waals surface area contributed by atoms with Gasteiger partial charge in [-0.2, -0.15) is 0 Å². The first-order valence-corrected chi connectivity index (χ1v) is 5.13. The molecule has 0 saturated carbocycles. The highest BCUT2D eigenvalue weighted by atomic mass is 16.5. The number of rotatable bonds is 1. The van der Waals surface area contributed by atoms with Crippen LogP contribution in [-0.4, -0.2) is 22.9 Å². The molecule has 0 saturated heterocycles. The normalized spacial score (nSPS) is 19.5. The molecular weight excluding hydrogens is 190 g/mol. The average Bonchev–Trinajstić information content (AvgIpc) is 2.72. The standard InChI is InChI=1S/C12H13NO2/c1-15-11-4-2-3-8-5-9-6-10(14)7-13(9)12(8)11/h2-5,10,14H,6-7H2,1H3. The number of hydrogen-bond acceptors (Lipinski definition) is 2. The van der Waals surface area contributed by atoms with Gasteiger partial charge in [-0.25, -0.2) is 0 Å². The van der Waals surface area contributed by atoms with Crippen LogP contribution in [0.2, 0.25) is 0 Å². The Morgan fingerprint density at radius 2 is 2.33 bits per heavy atom. The zero-order valence-electron chi connectivity index (χ0n) is 8.60. The minimum absolute atomic E-state index is 0.241. The van der Waals surface area contributed by atoms with Crippen molar-refractivity contribution in [3.63, 3.8) is 0 Å². The Hall–Kier alpha value is -1.48. The molecule has 0 bridgehead atoms. The predicted octanol–water partition coefficient (Wildman–Crippen LogP) is 1.57. The number of nitrogens with zero attached hydrogens (tertiary/aromatic N) is 1. The first-order chi connectivity index (χ1) is 7.29. The van der Waals surface area contributed by atoms with Gasteiger partial charge in [0.25, 0.3) is 0 Å². The van der Waals surface area contributed by atoms with Gasteiger partial charge in [0.1, 0.15) is 5.75 Å². The van der Waals surface area contributed by atoms with Gasteiger partial charge < -0.3 is 14.4 Å². The molecule has 3 heteroatoms. The number of aliphatic hydroxyl groups excluding tert-OH is 1. The van der Waals surface area contributed by atoms with Gasteiger partial charge in [0.2, 0.25) is 0 Å². The summed E-state index contributed by atoms with van der Waals surface area (Å²) in [6, 6.07) is 8.16. The molecule has 0 radical (unpaired) electrons. The lowest BCUT2D eigenvalue weighted by Gasteiger charge is -2.06. The number of hydrogen-bond donors (Lipinski definition) is 1. The molecule has 1 aromatic carbocycles. The molecule has 15 heavy (non-hydrogen) atoms. The van der Waals surface area contributed by atoms with Crippen LogP contribution in [0.5, 0.6) is 5.75 Å². The van der Waals surface area contributed by atoms with Crippen LogP contribution >= 0.6 is 0 Å². The SMILES string of the molecule is COc1cccc2cc3n(c12)CC(O)C3. The van der Waals surface area contributed by atoms with Gasteiger partial charge in [-0.05, 0) is 12.1 Å². The monoisotopic (exact) mass is 203 g/mol. The minimum Gasteiger partial charge on any atom is -0.495 e. The minimum atomic E-state index is -0.241. The van der Waals surface area contributed by atoms with E-state index in [0.717, 1.165) is 17.7 Å². The van der Waals surface area contributed by atoms with Gasteiger partial charge in [0.15, 0.2) is 0 Å². The van der Waals surface area contributed by atoms with Crippen molar-refractivity contribution < 1.29 is 9.84 Å². The van der Waals surface area contributed by atoms with Gasteiger partial charge >= 0.3 is 0 Å². The summed E-state index contributed by atoms with van der Waals surface area (Å²) >= 11 is 0. The maximum Gasteiger partial charge on any atom is 0.143 e. The molecule has 2 aromatic rings. The second-order valence-corrected chi connectivity index (χ2v) is 4.00. The van der Waals surface area contributed by atoms with E-state index < -0.39 is 0 Å². The third kappa shape index (κ3) is 1.16. The molecular formula is C12H13NO2. The summed E-state index contributed by atoms with van der Waals surface area (Å²) in [6.07, 6.45) is 0.506. The summed E-state index contributed by atoms with van der Waals surface area (Å²) in [7, 11) is 1.68. The second kappa shape index (κ2) is 3.00. The Morgan fingerprint density at radius 3 is 3.13 bits per heavy atom. The summed E-state index contributed by atoms with van der Waals surface area (Å²) in [5, 5.41) is 10.8. The van der Waals surface area contributed by atoms with E-state index in [-0.39, 0.29) is 6.10 Å². The fourth-order valence-corrected chi connectivity index (χ4v) is 2.40. The molecule has 1 N–H and O–H groups in total. The number of methoxy groups -OCH3 is 1. The summed E-state index contributed by atoms with van der Waals surface area (Å²) in [5.41, 5.74) is 2.30. The molecule has 0 amide bonds. The van der Waals surface area contributed by atoms with Crippen molar-refractivity contribution in [2.45, 2.75) is 19.1 Å². The van der Waals surface area contributed by atoms with Crippen molar-refractivity contribution >= 4 is 10.9 Å². The van der Waals surface area contributed by atoms with Crippen LogP contribution in [0, 0.1) is 0 Å². The highest BCUT2D eigenvalue weighted by molar-refractivity contribution is 5.87. The van der Waals surface area contributed by atoms with E-state index in [1.807, 2.05) is 12.1 Å². The largest absolute Gasteiger partial charge is 0.495 e. The Morgan fingerprint density at radius 1 is 1.47 bits per heavy atom. The first-order valence-electron chi connectivity index (χ1n) is 5.13. The Labute approximate surface area is 87.9 Å².